The molecule has 6 heterocycles. The van der Waals surface area contributed by atoms with Crippen LogP contribution in [0.3, 0.4) is 0 Å². The van der Waals surface area contributed by atoms with Crippen LogP contribution in [0.1, 0.15) is 181 Å². The molecule has 0 saturated carbocycles. The van der Waals surface area contributed by atoms with Gasteiger partial charge in [0.15, 0.2) is 34.5 Å². The zero-order valence-corrected chi connectivity index (χ0v) is 66.4. The number of aryl methyl sites for hydroxylation is 3. The number of nitrogens with one attached hydrogen (secondary N) is 2. The number of carbonyl (C=O) groups excluding carboxylic acids is 5. The van der Waals surface area contributed by atoms with Crippen molar-refractivity contribution in [2.75, 3.05) is 99.9 Å². The van der Waals surface area contributed by atoms with Gasteiger partial charge < -0.3 is 74.0 Å². The standard InChI is InChI=1S/C30H41N3O5.C25H33N3O3.C21H25NO4.C9H18N2O2.CH4/c1-29(2,3)38-28(36)32-16-14-31(15-17-32)27(35)23-9-7-8-22-19-33(20-24(22)23)30(4,5)13-12-21-10-11-25(34)26(18-21)37-6;1-25(2,10-9-18-7-8-22(29)23(15-18)31-3)28-16-19-5-4-6-20(21(19)17-28)24(30)27-13-11-26-12-14-27;1-21(2,10-9-15-7-8-18(24)20(11-15)25-3)22-12-16-5-4-6-19(26-14-23)17(16)13-22;1-9(2,3)13-8(12)11-6-4-10-5-7-11;/h7-11,18,34H,12-17,19-20H2,1-6H3;4-8,15,26,29H,9-14,16-17H2,1-3H3;4-8,11,14,24H,9-10,12-13H2,1-3H3;10H,4-7H2,1-3H3;1H4. The molecule has 0 spiro atoms. The van der Waals surface area contributed by atoms with Crippen molar-refractivity contribution < 1.29 is 67.7 Å². The lowest BCUT2D eigenvalue weighted by molar-refractivity contribution is -0.120. The first-order valence-electron chi connectivity index (χ1n) is 37.9. The van der Waals surface area contributed by atoms with E-state index in [1.54, 1.807) is 49.3 Å². The number of rotatable bonds is 19. The first kappa shape index (κ1) is 85.5. The first-order valence-corrected chi connectivity index (χ1v) is 37.9. The van der Waals surface area contributed by atoms with E-state index in [9.17, 15) is 39.3 Å². The predicted octanol–water partition coefficient (Wildman–Crippen LogP) is 13.1. The van der Waals surface area contributed by atoms with Gasteiger partial charge in [-0.05, 0) is 221 Å². The zero-order valence-electron chi connectivity index (χ0n) is 66.4. The van der Waals surface area contributed by atoms with Gasteiger partial charge >= 0.3 is 12.2 Å². The van der Waals surface area contributed by atoms with E-state index in [1.165, 1.54) is 22.3 Å². The Kier molecular flexibility index (Phi) is 29.4. The highest BCUT2D eigenvalue weighted by Crippen LogP contribution is 2.40. The van der Waals surface area contributed by atoms with Gasteiger partial charge in [-0.2, -0.15) is 0 Å². The summed E-state index contributed by atoms with van der Waals surface area (Å²) in [4.78, 5) is 75.9. The van der Waals surface area contributed by atoms with E-state index in [4.69, 9.17) is 28.4 Å². The highest BCUT2D eigenvalue weighted by Gasteiger charge is 2.39. The SMILES string of the molecule is C.CC(C)(C)OC(=O)N1CCNCC1.COc1cc(CCC(C)(C)N2Cc3cccc(C(=O)N4CCN(C(=O)OC(C)(C)C)CC4)c3C2)ccc1O.COc1cc(CCC(C)(C)N2Cc3cccc(C(=O)N4CCNCC4)c3C2)ccc1O.COc1cc(CCC(C)(C)N2Cc3cccc(OC=O)c3C2)ccc1O. The lowest BCUT2D eigenvalue weighted by Gasteiger charge is -2.36. The summed E-state index contributed by atoms with van der Waals surface area (Å²) in [5.74, 6) is 2.83. The van der Waals surface area contributed by atoms with Gasteiger partial charge in [-0.1, -0.05) is 62.0 Å². The highest BCUT2D eigenvalue weighted by molar-refractivity contribution is 5.97. The topological polar surface area (TPSA) is 248 Å². The molecule has 6 aromatic carbocycles. The third kappa shape index (κ3) is 23.0. The number of fused-ring (bicyclic) bond motifs is 3. The Morgan fingerprint density at radius 2 is 0.716 bits per heavy atom. The number of amides is 4. The fraction of sp³-hybridized carbons (Fsp3) is 0.523. The number of ether oxygens (including phenoxy) is 6. The number of hydrogen-bond donors (Lipinski definition) is 5. The maximum absolute atomic E-state index is 13.6. The second kappa shape index (κ2) is 37.5. The number of phenols is 3. The number of nitrogens with zero attached hydrogens (tertiary/aromatic N) is 7. The van der Waals surface area contributed by atoms with Crippen LogP contribution >= 0.6 is 0 Å². The largest absolute Gasteiger partial charge is 0.504 e. The van der Waals surface area contributed by atoms with E-state index in [1.807, 2.05) is 124 Å². The van der Waals surface area contributed by atoms with Crippen LogP contribution in [-0.4, -0.2) is 208 Å². The number of hydrogen-bond acceptors (Lipinski definition) is 19. The van der Waals surface area contributed by atoms with Crippen molar-refractivity contribution in [3.8, 4) is 40.2 Å². The van der Waals surface area contributed by atoms with Crippen molar-refractivity contribution in [2.45, 2.75) is 196 Å². The molecule has 0 aromatic heterocycles. The van der Waals surface area contributed by atoms with Crippen molar-refractivity contribution in [1.82, 2.24) is 44.9 Å². The average molecular weight is 1500 g/mol. The Morgan fingerprint density at radius 1 is 0.404 bits per heavy atom. The Bertz CT molecular complexity index is 4070. The van der Waals surface area contributed by atoms with Crippen LogP contribution in [0, 0.1) is 0 Å². The molecule has 4 amide bonds. The summed E-state index contributed by atoms with van der Waals surface area (Å²) in [6, 6.07) is 34.6. The molecule has 594 valence electrons. The summed E-state index contributed by atoms with van der Waals surface area (Å²) in [6.07, 6.45) is 4.95. The quantitative estimate of drug-likeness (QED) is 0.0473. The van der Waals surface area contributed by atoms with E-state index in [0.717, 1.165) is 169 Å². The van der Waals surface area contributed by atoms with Crippen LogP contribution in [-0.2, 0) is 72.8 Å². The van der Waals surface area contributed by atoms with Crippen LogP contribution in [0.2, 0.25) is 0 Å². The summed E-state index contributed by atoms with van der Waals surface area (Å²) in [5, 5.41) is 36.0. The van der Waals surface area contributed by atoms with Gasteiger partial charge in [-0.25, -0.2) is 9.59 Å². The molecular weight excluding hydrogens is 1380 g/mol. The molecule has 23 heteroatoms. The van der Waals surface area contributed by atoms with Crippen LogP contribution in [0.5, 0.6) is 40.2 Å². The molecule has 6 aliphatic heterocycles. The second-order valence-corrected chi connectivity index (χ2v) is 32.5. The molecule has 0 radical (unpaired) electrons. The van der Waals surface area contributed by atoms with E-state index in [-0.39, 0.29) is 70.9 Å². The second-order valence-electron chi connectivity index (χ2n) is 32.5. The summed E-state index contributed by atoms with van der Waals surface area (Å²) in [5.41, 5.74) is 11.0. The van der Waals surface area contributed by atoms with Crippen molar-refractivity contribution in [1.29, 1.82) is 0 Å². The molecule has 23 nitrogen and oxygen atoms in total. The molecule has 109 heavy (non-hydrogen) atoms. The van der Waals surface area contributed by atoms with Crippen molar-refractivity contribution in [3.63, 3.8) is 0 Å². The minimum atomic E-state index is -0.537. The fourth-order valence-corrected chi connectivity index (χ4v) is 14.3. The molecule has 3 fully saturated rings. The molecular formula is C86H121N9O14. The molecule has 0 atom stereocenters. The normalized spacial score (nSPS) is 16.1. The van der Waals surface area contributed by atoms with E-state index in [0.29, 0.717) is 55.6 Å². The van der Waals surface area contributed by atoms with Crippen LogP contribution in [0.4, 0.5) is 9.59 Å². The van der Waals surface area contributed by atoms with Gasteiger partial charge in [0.05, 0.1) is 21.3 Å². The van der Waals surface area contributed by atoms with Gasteiger partial charge in [0.2, 0.25) is 0 Å². The minimum absolute atomic E-state index is 0. The first-order chi connectivity index (χ1) is 51.2. The third-order valence-electron chi connectivity index (χ3n) is 21.3. The molecule has 5 N–H and O–H groups in total. The predicted molar refractivity (Wildman–Crippen MR) is 425 cm³/mol. The molecule has 6 aliphatic rings. The van der Waals surface area contributed by atoms with Crippen LogP contribution < -0.4 is 29.6 Å². The number of aromatic hydroxyl groups is 3. The molecule has 3 saturated heterocycles. The number of methoxy groups -OCH3 is 3. The Balaban J connectivity index is 0.000000192. The van der Waals surface area contributed by atoms with E-state index >= 15 is 0 Å². The summed E-state index contributed by atoms with van der Waals surface area (Å²) in [6.45, 7) is 38.4. The Labute approximate surface area is 646 Å². The fourth-order valence-electron chi connectivity index (χ4n) is 14.3. The Morgan fingerprint density at radius 3 is 1.06 bits per heavy atom. The van der Waals surface area contributed by atoms with Gasteiger partial charge in [0, 0.05) is 151 Å². The minimum Gasteiger partial charge on any atom is -0.504 e. The lowest BCUT2D eigenvalue weighted by Crippen LogP contribution is -2.51. The van der Waals surface area contributed by atoms with Gasteiger partial charge in [-0.3, -0.25) is 29.1 Å². The van der Waals surface area contributed by atoms with Gasteiger partial charge in [0.25, 0.3) is 18.3 Å². The van der Waals surface area contributed by atoms with Gasteiger partial charge in [0.1, 0.15) is 17.0 Å². The lowest BCUT2D eigenvalue weighted by atomic mass is 9.93. The monoisotopic (exact) mass is 1500 g/mol. The average Bonchev–Trinajstić information content (AvgIpc) is 1.65. The van der Waals surface area contributed by atoms with Crippen molar-refractivity contribution in [2.24, 2.45) is 0 Å². The molecule has 0 aliphatic carbocycles. The van der Waals surface area contributed by atoms with Gasteiger partial charge in [-0.15, -0.1) is 0 Å². The maximum Gasteiger partial charge on any atom is 0.410 e. The number of phenolic OH excluding ortho intramolecular Hbond substituents is 3. The third-order valence-corrected chi connectivity index (χ3v) is 21.3. The van der Waals surface area contributed by atoms with Crippen molar-refractivity contribution >= 4 is 30.5 Å². The summed E-state index contributed by atoms with van der Waals surface area (Å²) < 4.78 is 31.6. The highest BCUT2D eigenvalue weighted by atomic mass is 16.6. The van der Waals surface area contributed by atoms with Crippen molar-refractivity contribution in [3.05, 3.63) is 170 Å². The summed E-state index contributed by atoms with van der Waals surface area (Å²) in [7, 11) is 4.69. The molecule has 0 unspecified atom stereocenters. The summed E-state index contributed by atoms with van der Waals surface area (Å²) >= 11 is 0. The van der Waals surface area contributed by atoms with Crippen LogP contribution in [0.15, 0.2) is 109 Å². The molecule has 12 rings (SSSR count). The smallest absolute Gasteiger partial charge is 0.410 e. The number of benzene rings is 6. The van der Waals surface area contributed by atoms with E-state index in [2.05, 4.69) is 85.1 Å². The molecule has 0 bridgehead atoms. The van der Waals surface area contributed by atoms with E-state index < -0.39 is 5.60 Å². The molecule has 6 aromatic rings. The maximum atomic E-state index is 13.6. The number of carbonyl (C=O) groups is 5. The zero-order chi connectivity index (χ0) is 78.3. The van der Waals surface area contributed by atoms with Crippen LogP contribution in [0.25, 0.3) is 0 Å². The number of piperazine rings is 3. The Hall–Kier alpha value is -9.13.